The third-order valence-electron chi connectivity index (χ3n) is 10.3. The smallest absolute Gasteiger partial charge is 0.548 e. The molecule has 2 amide bonds. The SMILES string of the molecule is CCCCCCCCCCCCCCCC(=O)N1CCC[C@H]1C(=O)[O-].CCCCCCCCCCCCCCCC(N)=O.O=C([O-])[C@H]1NCCC1O.[Na+].[Na+]. The molecule has 2 aliphatic heterocycles. The number of carbonyl (C=O) groups is 4. The van der Waals surface area contributed by atoms with E-state index in [1.54, 1.807) is 0 Å². The third kappa shape index (κ3) is 35.0. The molecule has 0 aromatic heterocycles. The van der Waals surface area contributed by atoms with Crippen LogP contribution in [0.25, 0.3) is 0 Å². The van der Waals surface area contributed by atoms with Crippen LogP contribution in [0.1, 0.15) is 213 Å². The van der Waals surface area contributed by atoms with Crippen LogP contribution in [0.5, 0.6) is 0 Å². The molecule has 0 spiro atoms. The number of carboxylic acids is 2. The Hall–Kier alpha value is -0.200. The number of carboxylic acid groups (broad SMARTS) is 2. The standard InChI is InChI=1S/C21H39NO3.C16H33NO.C5H9NO3.2Na/c1-2-3-4-5-6-7-8-9-10-11-12-13-14-17-20(23)22-18-15-16-19(22)21(24)25;1-2-3-4-5-6-7-8-9-10-11-12-13-14-15-16(17)18;7-3-1-2-6-4(3)5(8)9;;/h19H,2-18H2,1H3,(H,24,25);2-15H2,1H3,(H2,17,18);3-4,6-7H,1-2H2,(H,8,9);;/q;;;2*+1/p-2/t19-;;3?,4-;;/m0.0../s1. The maximum Gasteiger partial charge on any atom is 1.00 e. The first-order valence-corrected chi connectivity index (χ1v) is 21.6. The van der Waals surface area contributed by atoms with E-state index in [4.69, 9.17) is 10.8 Å². The summed E-state index contributed by atoms with van der Waals surface area (Å²) in [6.45, 7) is 5.66. The molecule has 0 aliphatic carbocycles. The maximum atomic E-state index is 12.1. The molecule has 4 N–H and O–H groups in total. The van der Waals surface area contributed by atoms with Crippen LogP contribution < -0.4 is 80.4 Å². The second kappa shape index (κ2) is 42.4. The van der Waals surface area contributed by atoms with Crippen molar-refractivity contribution >= 4 is 23.8 Å². The first-order chi connectivity index (χ1) is 25.1. The van der Waals surface area contributed by atoms with E-state index in [0.29, 0.717) is 38.8 Å². The van der Waals surface area contributed by atoms with Crippen molar-refractivity contribution in [3.63, 3.8) is 0 Å². The van der Waals surface area contributed by atoms with Crippen LogP contribution in [-0.4, -0.2) is 65.0 Å². The molecule has 3 atom stereocenters. The van der Waals surface area contributed by atoms with Crippen LogP contribution >= 0.6 is 0 Å². The molecule has 1 unspecified atom stereocenters. The Morgan fingerprint density at radius 2 is 0.963 bits per heavy atom. The number of aliphatic carboxylic acids is 2. The summed E-state index contributed by atoms with van der Waals surface area (Å²) in [5.74, 6) is -2.48. The van der Waals surface area contributed by atoms with Gasteiger partial charge in [0.1, 0.15) is 0 Å². The number of carbonyl (C=O) groups excluding carboxylic acids is 4. The normalized spacial score (nSPS) is 17.3. The number of primary amides is 1. The number of hydrogen-bond acceptors (Lipinski definition) is 8. The van der Waals surface area contributed by atoms with Crippen molar-refractivity contribution in [2.24, 2.45) is 5.73 Å². The number of nitrogens with two attached hydrogens (primary N) is 1. The summed E-state index contributed by atoms with van der Waals surface area (Å²) in [6, 6.07) is -1.54. The van der Waals surface area contributed by atoms with Gasteiger partial charge in [0, 0.05) is 19.4 Å². The van der Waals surface area contributed by atoms with E-state index < -0.39 is 30.1 Å². The van der Waals surface area contributed by atoms with Crippen LogP contribution in [0.3, 0.4) is 0 Å². The molecule has 2 fully saturated rings. The molecule has 2 saturated heterocycles. The summed E-state index contributed by atoms with van der Waals surface area (Å²) < 4.78 is 0. The molecular formula is C42H79N3Na2O7. The molecule has 0 radical (unpaired) electrons. The van der Waals surface area contributed by atoms with Gasteiger partial charge in [-0.15, -0.1) is 0 Å². The molecule has 306 valence electrons. The minimum atomic E-state index is -1.22. The number of amides is 2. The second-order valence-electron chi connectivity index (χ2n) is 15.1. The molecule has 10 nitrogen and oxygen atoms in total. The molecule has 54 heavy (non-hydrogen) atoms. The van der Waals surface area contributed by atoms with E-state index in [-0.39, 0.29) is 70.9 Å². The average Bonchev–Trinajstić information content (AvgIpc) is 3.79. The predicted molar refractivity (Wildman–Crippen MR) is 207 cm³/mol. The van der Waals surface area contributed by atoms with Crippen LogP contribution in [0, 0.1) is 0 Å². The van der Waals surface area contributed by atoms with Gasteiger partial charge in [-0.05, 0) is 38.6 Å². The first-order valence-electron chi connectivity index (χ1n) is 21.6. The van der Waals surface area contributed by atoms with Gasteiger partial charge < -0.3 is 40.9 Å². The van der Waals surface area contributed by atoms with Gasteiger partial charge in [-0.25, -0.2) is 0 Å². The Balaban J connectivity index is -0.000000782. The second-order valence-corrected chi connectivity index (χ2v) is 15.1. The van der Waals surface area contributed by atoms with Gasteiger partial charge in [0.15, 0.2) is 0 Å². The van der Waals surface area contributed by atoms with Gasteiger partial charge >= 0.3 is 59.1 Å². The van der Waals surface area contributed by atoms with Crippen LogP contribution in [-0.2, 0) is 19.2 Å². The van der Waals surface area contributed by atoms with Crippen LogP contribution in [0.15, 0.2) is 0 Å². The van der Waals surface area contributed by atoms with Crippen molar-refractivity contribution in [1.29, 1.82) is 0 Å². The largest absolute Gasteiger partial charge is 1.00 e. The van der Waals surface area contributed by atoms with Crippen LogP contribution in [0.4, 0.5) is 0 Å². The number of unbranched alkanes of at least 4 members (excludes halogenated alkanes) is 24. The molecule has 12 heteroatoms. The number of hydrogen-bond donors (Lipinski definition) is 3. The number of aliphatic hydroxyl groups excluding tert-OH is 1. The van der Waals surface area contributed by atoms with Crippen molar-refractivity contribution in [2.45, 2.75) is 231 Å². The zero-order valence-corrected chi connectivity index (χ0v) is 39.5. The van der Waals surface area contributed by atoms with Crippen molar-refractivity contribution in [1.82, 2.24) is 10.2 Å². The molecule has 0 bridgehead atoms. The van der Waals surface area contributed by atoms with Crippen LogP contribution in [0.2, 0.25) is 0 Å². The molecular weight excluding hydrogens is 704 g/mol. The number of rotatable bonds is 30. The van der Waals surface area contributed by atoms with E-state index in [1.807, 2.05) is 0 Å². The summed E-state index contributed by atoms with van der Waals surface area (Å²) >= 11 is 0. The number of nitrogens with zero attached hydrogens (tertiary/aromatic N) is 1. The maximum absolute atomic E-state index is 12.1. The van der Waals surface area contributed by atoms with Gasteiger partial charge in [-0.3, -0.25) is 9.59 Å². The Bertz CT molecular complexity index is 900. The van der Waals surface area contributed by atoms with Gasteiger partial charge in [0.05, 0.1) is 30.1 Å². The quantitative estimate of drug-likeness (QED) is 0.0703. The van der Waals surface area contributed by atoms with Gasteiger partial charge in [0.25, 0.3) is 0 Å². The summed E-state index contributed by atoms with van der Waals surface area (Å²) in [4.78, 5) is 45.2. The van der Waals surface area contributed by atoms with Gasteiger partial charge in [-0.1, -0.05) is 168 Å². The fourth-order valence-corrected chi connectivity index (χ4v) is 6.99. The van der Waals surface area contributed by atoms with Crippen molar-refractivity contribution in [2.75, 3.05) is 13.1 Å². The molecule has 0 aromatic carbocycles. The number of nitrogens with one attached hydrogen (secondary N) is 1. The van der Waals surface area contributed by atoms with Gasteiger partial charge in [-0.2, -0.15) is 0 Å². The number of aliphatic hydroxyl groups is 1. The molecule has 0 aromatic rings. The number of likely N-dealkylation sites (tertiary alicyclic amines) is 1. The van der Waals surface area contributed by atoms with E-state index in [2.05, 4.69) is 19.2 Å². The first kappa shape index (κ1) is 58.1. The van der Waals surface area contributed by atoms with E-state index >= 15 is 0 Å². The predicted octanol–water partition coefficient (Wildman–Crippen LogP) is 0.629. The van der Waals surface area contributed by atoms with E-state index in [9.17, 15) is 29.4 Å². The molecule has 2 aliphatic rings. The summed E-state index contributed by atoms with van der Waals surface area (Å²) in [5.41, 5.74) is 5.09. The Kier molecular flexibility index (Phi) is 45.6. The van der Waals surface area contributed by atoms with Crippen molar-refractivity contribution in [3.8, 4) is 0 Å². The monoisotopic (exact) mass is 784 g/mol. The summed E-state index contributed by atoms with van der Waals surface area (Å²) in [7, 11) is 0. The summed E-state index contributed by atoms with van der Waals surface area (Å²) in [6.07, 6.45) is 36.2. The third-order valence-corrected chi connectivity index (χ3v) is 10.3. The Morgan fingerprint density at radius 3 is 1.26 bits per heavy atom. The fraction of sp³-hybridized carbons (Fsp3) is 0.905. The van der Waals surface area contributed by atoms with Gasteiger partial charge in [0.2, 0.25) is 11.8 Å². The minimum absolute atomic E-state index is 0. The average molecular weight is 784 g/mol. The summed E-state index contributed by atoms with van der Waals surface area (Å²) in [5, 5.41) is 32.5. The zero-order chi connectivity index (χ0) is 38.7. The molecule has 2 heterocycles. The van der Waals surface area contributed by atoms with E-state index in [1.165, 1.54) is 153 Å². The minimum Gasteiger partial charge on any atom is -0.548 e. The Labute approximate surface area is 374 Å². The van der Waals surface area contributed by atoms with Crippen molar-refractivity contribution in [3.05, 3.63) is 0 Å². The fourth-order valence-electron chi connectivity index (χ4n) is 6.99. The Morgan fingerprint density at radius 1 is 0.593 bits per heavy atom. The zero-order valence-electron chi connectivity index (χ0n) is 35.5. The van der Waals surface area contributed by atoms with Crippen molar-refractivity contribution < 1.29 is 93.6 Å². The molecule has 0 saturated carbocycles. The topological polar surface area (TPSA) is 176 Å². The molecule has 2 rings (SSSR count). The van der Waals surface area contributed by atoms with E-state index in [0.717, 1.165) is 25.7 Å².